The third kappa shape index (κ3) is 4.22. The summed E-state index contributed by atoms with van der Waals surface area (Å²) >= 11 is 0. The first-order valence-corrected chi connectivity index (χ1v) is 5.64. The fourth-order valence-corrected chi connectivity index (χ4v) is 1.48. The van der Waals surface area contributed by atoms with Crippen molar-refractivity contribution in [3.63, 3.8) is 0 Å². The maximum Gasteiger partial charge on any atom is 0.273 e. The molecule has 0 fully saturated rings. The fourth-order valence-electron chi connectivity index (χ4n) is 1.48. The van der Waals surface area contributed by atoms with Crippen molar-refractivity contribution in [2.45, 2.75) is 26.2 Å². The van der Waals surface area contributed by atoms with E-state index in [0.717, 1.165) is 12.8 Å². The SMILES string of the molecule is CCCCNC(=O)Cc1ccccc1[N+](=O)[O-]. The van der Waals surface area contributed by atoms with Gasteiger partial charge in [-0.1, -0.05) is 31.5 Å². The highest BCUT2D eigenvalue weighted by atomic mass is 16.6. The van der Waals surface area contributed by atoms with Crippen LogP contribution in [0.15, 0.2) is 24.3 Å². The molecule has 1 aromatic carbocycles. The predicted octanol–water partition coefficient (Wildman–Crippen LogP) is 2.05. The van der Waals surface area contributed by atoms with Gasteiger partial charge in [-0.25, -0.2) is 0 Å². The number of rotatable bonds is 6. The average molecular weight is 236 g/mol. The van der Waals surface area contributed by atoms with E-state index < -0.39 is 4.92 Å². The van der Waals surface area contributed by atoms with Crippen LogP contribution in [0.2, 0.25) is 0 Å². The van der Waals surface area contributed by atoms with Crippen LogP contribution in [0.1, 0.15) is 25.3 Å². The Morgan fingerprint density at radius 1 is 1.41 bits per heavy atom. The van der Waals surface area contributed by atoms with Crippen molar-refractivity contribution in [3.05, 3.63) is 39.9 Å². The lowest BCUT2D eigenvalue weighted by Crippen LogP contribution is -2.26. The van der Waals surface area contributed by atoms with Crippen LogP contribution in [0.5, 0.6) is 0 Å². The molecular weight excluding hydrogens is 220 g/mol. The lowest BCUT2D eigenvalue weighted by Gasteiger charge is -2.04. The minimum Gasteiger partial charge on any atom is -0.356 e. The first-order valence-electron chi connectivity index (χ1n) is 5.64. The molecule has 17 heavy (non-hydrogen) atoms. The fraction of sp³-hybridized carbons (Fsp3) is 0.417. The number of unbranched alkanes of at least 4 members (excludes halogenated alkanes) is 1. The van der Waals surface area contributed by atoms with E-state index in [1.807, 2.05) is 6.92 Å². The molecule has 1 rings (SSSR count). The number of nitro benzene ring substituents is 1. The minimum absolute atomic E-state index is 0.00172. The number of nitrogens with zero attached hydrogens (tertiary/aromatic N) is 1. The largest absolute Gasteiger partial charge is 0.356 e. The van der Waals surface area contributed by atoms with Gasteiger partial charge in [0.25, 0.3) is 5.69 Å². The molecule has 0 atom stereocenters. The Kier molecular flexibility index (Phi) is 5.13. The van der Waals surface area contributed by atoms with Crippen molar-refractivity contribution >= 4 is 11.6 Å². The predicted molar refractivity (Wildman–Crippen MR) is 64.7 cm³/mol. The molecule has 0 spiro atoms. The van der Waals surface area contributed by atoms with Crippen LogP contribution in [0.3, 0.4) is 0 Å². The molecule has 0 heterocycles. The van der Waals surface area contributed by atoms with Crippen LogP contribution >= 0.6 is 0 Å². The third-order valence-electron chi connectivity index (χ3n) is 2.39. The van der Waals surface area contributed by atoms with E-state index in [1.54, 1.807) is 18.2 Å². The molecule has 0 saturated heterocycles. The van der Waals surface area contributed by atoms with E-state index in [1.165, 1.54) is 6.07 Å². The van der Waals surface area contributed by atoms with Crippen molar-refractivity contribution < 1.29 is 9.72 Å². The lowest BCUT2D eigenvalue weighted by molar-refractivity contribution is -0.385. The molecule has 0 radical (unpaired) electrons. The van der Waals surface area contributed by atoms with Gasteiger partial charge < -0.3 is 5.32 Å². The van der Waals surface area contributed by atoms with Crippen LogP contribution in [-0.2, 0) is 11.2 Å². The van der Waals surface area contributed by atoms with Crippen molar-refractivity contribution in [1.29, 1.82) is 0 Å². The third-order valence-corrected chi connectivity index (χ3v) is 2.39. The summed E-state index contributed by atoms with van der Waals surface area (Å²) in [6.45, 7) is 2.66. The van der Waals surface area contributed by atoms with Crippen molar-refractivity contribution in [2.24, 2.45) is 0 Å². The highest BCUT2D eigenvalue weighted by Gasteiger charge is 2.14. The molecular formula is C12H16N2O3. The number of para-hydroxylation sites is 1. The molecule has 1 amide bonds. The number of hydrogen-bond acceptors (Lipinski definition) is 3. The summed E-state index contributed by atoms with van der Waals surface area (Å²) in [7, 11) is 0. The first-order chi connectivity index (χ1) is 8.15. The molecule has 0 bridgehead atoms. The summed E-state index contributed by atoms with van der Waals surface area (Å²) in [6.07, 6.45) is 1.98. The van der Waals surface area contributed by atoms with Gasteiger partial charge in [-0.05, 0) is 6.42 Å². The second kappa shape index (κ2) is 6.62. The topological polar surface area (TPSA) is 72.2 Å². The van der Waals surface area contributed by atoms with E-state index in [4.69, 9.17) is 0 Å². The minimum atomic E-state index is -0.464. The van der Waals surface area contributed by atoms with Crippen LogP contribution in [0, 0.1) is 10.1 Å². The quantitative estimate of drug-likeness (QED) is 0.466. The monoisotopic (exact) mass is 236 g/mol. The zero-order chi connectivity index (χ0) is 12.7. The molecule has 0 unspecified atom stereocenters. The summed E-state index contributed by atoms with van der Waals surface area (Å²) in [4.78, 5) is 21.8. The number of benzene rings is 1. The Morgan fingerprint density at radius 3 is 2.76 bits per heavy atom. The normalized spacial score (nSPS) is 9.94. The highest BCUT2D eigenvalue weighted by Crippen LogP contribution is 2.17. The van der Waals surface area contributed by atoms with Crippen molar-refractivity contribution in [3.8, 4) is 0 Å². The smallest absolute Gasteiger partial charge is 0.273 e. The molecule has 0 aliphatic heterocycles. The molecule has 92 valence electrons. The molecule has 0 aliphatic carbocycles. The van der Waals surface area contributed by atoms with Gasteiger partial charge in [0.1, 0.15) is 0 Å². The summed E-state index contributed by atoms with van der Waals surface area (Å²) in [6, 6.07) is 6.31. The maximum atomic E-state index is 11.5. The zero-order valence-electron chi connectivity index (χ0n) is 9.81. The van der Waals surface area contributed by atoms with Gasteiger partial charge >= 0.3 is 0 Å². The number of nitrogens with one attached hydrogen (secondary N) is 1. The molecule has 0 aromatic heterocycles. The van der Waals surface area contributed by atoms with Crippen molar-refractivity contribution in [1.82, 2.24) is 5.32 Å². The number of carbonyl (C=O) groups excluding carboxylic acids is 1. The average Bonchev–Trinajstić information content (AvgIpc) is 2.29. The number of carbonyl (C=O) groups is 1. The first kappa shape index (κ1) is 13.2. The summed E-state index contributed by atoms with van der Waals surface area (Å²) in [5.41, 5.74) is 0.449. The van der Waals surface area contributed by atoms with Crippen LogP contribution in [-0.4, -0.2) is 17.4 Å². The van der Waals surface area contributed by atoms with Gasteiger partial charge in [0.05, 0.1) is 11.3 Å². The highest BCUT2D eigenvalue weighted by molar-refractivity contribution is 5.79. The summed E-state index contributed by atoms with van der Waals surface area (Å²) < 4.78 is 0. The van der Waals surface area contributed by atoms with Crippen molar-refractivity contribution in [2.75, 3.05) is 6.54 Å². The van der Waals surface area contributed by atoms with Gasteiger partial charge in [0.15, 0.2) is 0 Å². The Hall–Kier alpha value is -1.91. The van der Waals surface area contributed by atoms with Gasteiger partial charge in [0, 0.05) is 18.2 Å². The lowest BCUT2D eigenvalue weighted by atomic mass is 10.1. The maximum absolute atomic E-state index is 11.5. The summed E-state index contributed by atoms with van der Waals surface area (Å²) in [5.74, 6) is -0.173. The number of hydrogen-bond donors (Lipinski definition) is 1. The standard InChI is InChI=1S/C12H16N2O3/c1-2-3-8-13-12(15)9-10-6-4-5-7-11(10)14(16)17/h4-7H,2-3,8-9H2,1H3,(H,13,15). The zero-order valence-corrected chi connectivity index (χ0v) is 9.81. The van der Waals surface area contributed by atoms with Crippen LogP contribution in [0.25, 0.3) is 0 Å². The van der Waals surface area contributed by atoms with E-state index in [-0.39, 0.29) is 18.0 Å². The Bertz CT molecular complexity index is 404. The molecule has 5 heteroatoms. The van der Waals surface area contributed by atoms with E-state index in [2.05, 4.69) is 5.32 Å². The van der Waals surface area contributed by atoms with E-state index >= 15 is 0 Å². The Labute approximate surface area is 100.0 Å². The summed E-state index contributed by atoms with van der Waals surface area (Å²) in [5, 5.41) is 13.5. The van der Waals surface area contributed by atoms with Gasteiger partial charge in [0.2, 0.25) is 5.91 Å². The van der Waals surface area contributed by atoms with Crippen LogP contribution in [0.4, 0.5) is 5.69 Å². The molecule has 0 saturated carbocycles. The number of amides is 1. The van der Waals surface area contributed by atoms with Crippen LogP contribution < -0.4 is 5.32 Å². The Balaban J connectivity index is 2.61. The molecule has 1 N–H and O–H groups in total. The Morgan fingerprint density at radius 2 is 2.12 bits per heavy atom. The van der Waals surface area contributed by atoms with Gasteiger partial charge in [-0.2, -0.15) is 0 Å². The van der Waals surface area contributed by atoms with E-state index in [9.17, 15) is 14.9 Å². The van der Waals surface area contributed by atoms with Gasteiger partial charge in [-0.15, -0.1) is 0 Å². The molecule has 5 nitrogen and oxygen atoms in total. The number of nitro groups is 1. The second-order valence-electron chi connectivity index (χ2n) is 3.77. The molecule has 0 aliphatic rings. The molecule has 1 aromatic rings. The van der Waals surface area contributed by atoms with Gasteiger partial charge in [-0.3, -0.25) is 14.9 Å². The second-order valence-corrected chi connectivity index (χ2v) is 3.77. The van der Waals surface area contributed by atoms with E-state index in [0.29, 0.717) is 12.1 Å².